The molecule has 0 aromatic carbocycles. The number of unbranched alkanes of at least 4 members (excludes halogenated alkanes) is 39. The fraction of sp³-hybridized carbons (Fsp3) is 0.812. The molecule has 0 heterocycles. The zero-order chi connectivity index (χ0) is 54.3. The van der Waals surface area contributed by atoms with E-state index in [9.17, 15) is 14.4 Å². The summed E-state index contributed by atoms with van der Waals surface area (Å²) in [4.78, 5) is 38.4. The first-order valence-electron chi connectivity index (χ1n) is 32.8. The van der Waals surface area contributed by atoms with Gasteiger partial charge in [-0.15, -0.1) is 0 Å². The van der Waals surface area contributed by atoms with E-state index in [0.29, 0.717) is 19.3 Å². The lowest BCUT2D eigenvalue weighted by Gasteiger charge is -2.18. The highest BCUT2D eigenvalue weighted by Gasteiger charge is 2.19. The predicted octanol–water partition coefficient (Wildman–Crippen LogP) is 22.3. The Hall–Kier alpha value is -2.89. The third-order valence-electron chi connectivity index (χ3n) is 14.5. The van der Waals surface area contributed by atoms with Gasteiger partial charge >= 0.3 is 17.9 Å². The Bertz CT molecular complexity index is 1340. The monoisotopic (exact) mass is 1050 g/mol. The summed E-state index contributed by atoms with van der Waals surface area (Å²) < 4.78 is 16.9. The second-order valence-electron chi connectivity index (χ2n) is 22.0. The maximum absolute atomic E-state index is 12.9. The smallest absolute Gasteiger partial charge is 0.306 e. The molecule has 0 saturated heterocycles. The second-order valence-corrected chi connectivity index (χ2v) is 22.0. The van der Waals surface area contributed by atoms with Crippen LogP contribution in [0.3, 0.4) is 0 Å². The van der Waals surface area contributed by atoms with Crippen LogP contribution in [0.2, 0.25) is 0 Å². The summed E-state index contributed by atoms with van der Waals surface area (Å²) in [5.41, 5.74) is 0. The average molecular weight is 1050 g/mol. The minimum atomic E-state index is -0.789. The first-order valence-corrected chi connectivity index (χ1v) is 32.8. The van der Waals surface area contributed by atoms with E-state index in [-0.39, 0.29) is 31.1 Å². The Morgan fingerprint density at radius 3 is 0.800 bits per heavy atom. The quantitative estimate of drug-likeness (QED) is 0.0261. The standard InChI is InChI=1S/C69H124O6/c1-4-7-10-13-16-19-22-25-28-31-33-34-36-39-42-45-48-51-54-57-60-63-69(72)75-66(64-73-67(70)61-58-55-52-49-46-43-40-37-30-27-24-21-18-15-12-9-6-3)65-74-68(71)62-59-56-53-50-47-44-41-38-35-32-29-26-23-20-17-14-11-8-5-2/h17,20,26-27,29-30,35,38,44,47,66H,4-16,18-19,21-25,28,31-34,36-37,39-43,45-46,48-65H2,1-3H3/b20-17-,29-26-,30-27-,38-35-,47-44-/t66-/m0/s1. The number of hydrogen-bond acceptors (Lipinski definition) is 6. The molecule has 0 spiro atoms. The van der Waals surface area contributed by atoms with Crippen LogP contribution < -0.4 is 0 Å². The largest absolute Gasteiger partial charge is 0.462 e. The zero-order valence-corrected chi connectivity index (χ0v) is 50.1. The molecule has 0 aliphatic carbocycles. The van der Waals surface area contributed by atoms with Crippen molar-refractivity contribution < 1.29 is 28.6 Å². The van der Waals surface area contributed by atoms with E-state index in [4.69, 9.17) is 14.2 Å². The molecule has 6 heteroatoms. The maximum Gasteiger partial charge on any atom is 0.306 e. The molecule has 0 aliphatic heterocycles. The Balaban J connectivity index is 4.39. The summed E-state index contributed by atoms with van der Waals surface area (Å²) >= 11 is 0. The molecule has 0 aliphatic rings. The lowest BCUT2D eigenvalue weighted by molar-refractivity contribution is -0.167. The molecular weight excluding hydrogens is 925 g/mol. The van der Waals surface area contributed by atoms with Crippen LogP contribution in [0.15, 0.2) is 60.8 Å². The third-order valence-corrected chi connectivity index (χ3v) is 14.5. The van der Waals surface area contributed by atoms with Gasteiger partial charge in [0.1, 0.15) is 13.2 Å². The highest BCUT2D eigenvalue weighted by Crippen LogP contribution is 2.17. The number of carbonyl (C=O) groups is 3. The minimum absolute atomic E-state index is 0.0837. The van der Waals surface area contributed by atoms with E-state index >= 15 is 0 Å². The van der Waals surface area contributed by atoms with Gasteiger partial charge in [-0.25, -0.2) is 0 Å². The molecule has 0 saturated carbocycles. The summed E-state index contributed by atoms with van der Waals surface area (Å²) in [7, 11) is 0. The summed E-state index contributed by atoms with van der Waals surface area (Å²) in [6.45, 7) is 6.63. The van der Waals surface area contributed by atoms with Gasteiger partial charge in [0.2, 0.25) is 0 Å². The number of rotatable bonds is 60. The lowest BCUT2D eigenvalue weighted by atomic mass is 10.0. The van der Waals surface area contributed by atoms with Gasteiger partial charge in [-0.1, -0.05) is 293 Å². The molecule has 6 nitrogen and oxygen atoms in total. The van der Waals surface area contributed by atoms with Gasteiger partial charge in [0.05, 0.1) is 0 Å². The molecule has 0 radical (unpaired) electrons. The van der Waals surface area contributed by atoms with E-state index < -0.39 is 6.10 Å². The van der Waals surface area contributed by atoms with Crippen molar-refractivity contribution in [2.45, 2.75) is 348 Å². The lowest BCUT2D eigenvalue weighted by Crippen LogP contribution is -2.30. The molecule has 0 aromatic heterocycles. The summed E-state index contributed by atoms with van der Waals surface area (Å²) in [5.74, 6) is -0.899. The normalized spacial score (nSPS) is 12.4. The van der Waals surface area contributed by atoms with E-state index in [1.54, 1.807) is 0 Å². The van der Waals surface area contributed by atoms with E-state index in [2.05, 4.69) is 81.5 Å². The minimum Gasteiger partial charge on any atom is -0.462 e. The van der Waals surface area contributed by atoms with Crippen molar-refractivity contribution in [3.8, 4) is 0 Å². The van der Waals surface area contributed by atoms with Crippen LogP contribution in [0.4, 0.5) is 0 Å². The molecule has 436 valence electrons. The molecule has 0 aromatic rings. The number of hydrogen-bond donors (Lipinski definition) is 0. The Morgan fingerprint density at radius 2 is 0.480 bits per heavy atom. The van der Waals surface area contributed by atoms with Gasteiger partial charge in [0.25, 0.3) is 0 Å². The Labute approximate surface area is 466 Å². The highest BCUT2D eigenvalue weighted by molar-refractivity contribution is 5.71. The van der Waals surface area contributed by atoms with Crippen molar-refractivity contribution >= 4 is 17.9 Å². The fourth-order valence-electron chi connectivity index (χ4n) is 9.54. The third kappa shape index (κ3) is 61.8. The van der Waals surface area contributed by atoms with Gasteiger partial charge in [-0.3, -0.25) is 14.4 Å². The van der Waals surface area contributed by atoms with Crippen LogP contribution in [0.1, 0.15) is 342 Å². The SMILES string of the molecule is CCCCC/C=C\C/C=C\C/C=C\C/C=C\CCCCCC(=O)OC[C@H](COC(=O)CCCCCCCCC/C=C\CCCCCCCC)OC(=O)CCCCCCCCCCCCCCCCCCCCCCC. The molecule has 75 heavy (non-hydrogen) atoms. The van der Waals surface area contributed by atoms with Gasteiger partial charge in [-0.2, -0.15) is 0 Å². The number of ether oxygens (including phenoxy) is 3. The number of carbonyl (C=O) groups excluding carboxylic acids is 3. The maximum atomic E-state index is 12.9. The van der Waals surface area contributed by atoms with Crippen LogP contribution in [-0.4, -0.2) is 37.2 Å². The molecule has 0 N–H and O–H groups in total. The summed E-state index contributed by atoms with van der Waals surface area (Å²) in [6, 6.07) is 0. The van der Waals surface area contributed by atoms with Crippen LogP contribution in [0.5, 0.6) is 0 Å². The predicted molar refractivity (Wildman–Crippen MR) is 325 cm³/mol. The average Bonchev–Trinajstić information content (AvgIpc) is 3.41. The first-order chi connectivity index (χ1) is 37.0. The van der Waals surface area contributed by atoms with E-state index in [1.807, 2.05) is 0 Å². The van der Waals surface area contributed by atoms with E-state index in [1.165, 1.54) is 218 Å². The van der Waals surface area contributed by atoms with Crippen molar-refractivity contribution in [3.63, 3.8) is 0 Å². The van der Waals surface area contributed by atoms with Gasteiger partial charge in [-0.05, 0) is 89.9 Å². The fourth-order valence-corrected chi connectivity index (χ4v) is 9.54. The molecule has 1 atom stereocenters. The van der Waals surface area contributed by atoms with Crippen molar-refractivity contribution in [1.82, 2.24) is 0 Å². The van der Waals surface area contributed by atoms with Crippen LogP contribution in [-0.2, 0) is 28.6 Å². The Morgan fingerprint density at radius 1 is 0.267 bits per heavy atom. The molecule has 0 rings (SSSR count). The second kappa shape index (κ2) is 63.6. The van der Waals surface area contributed by atoms with Crippen molar-refractivity contribution in [2.75, 3.05) is 13.2 Å². The van der Waals surface area contributed by atoms with Gasteiger partial charge in [0, 0.05) is 19.3 Å². The van der Waals surface area contributed by atoms with Crippen LogP contribution >= 0.6 is 0 Å². The topological polar surface area (TPSA) is 78.9 Å². The van der Waals surface area contributed by atoms with Crippen LogP contribution in [0.25, 0.3) is 0 Å². The van der Waals surface area contributed by atoms with Crippen molar-refractivity contribution in [3.05, 3.63) is 60.8 Å². The summed E-state index contributed by atoms with van der Waals surface area (Å²) in [5, 5.41) is 0. The molecule has 0 amide bonds. The van der Waals surface area contributed by atoms with Gasteiger partial charge < -0.3 is 14.2 Å². The summed E-state index contributed by atoms with van der Waals surface area (Å²) in [6.07, 6.45) is 80.8. The van der Waals surface area contributed by atoms with Crippen LogP contribution in [0, 0.1) is 0 Å². The van der Waals surface area contributed by atoms with Crippen molar-refractivity contribution in [2.24, 2.45) is 0 Å². The van der Waals surface area contributed by atoms with E-state index in [0.717, 1.165) is 83.5 Å². The molecule has 0 unspecified atom stereocenters. The molecular formula is C69H124O6. The number of esters is 3. The Kier molecular flexibility index (Phi) is 61.2. The van der Waals surface area contributed by atoms with Crippen molar-refractivity contribution in [1.29, 1.82) is 0 Å². The first kappa shape index (κ1) is 72.1. The van der Waals surface area contributed by atoms with Gasteiger partial charge in [0.15, 0.2) is 6.10 Å². The molecule has 0 fully saturated rings. The highest BCUT2D eigenvalue weighted by atomic mass is 16.6. The number of allylic oxidation sites excluding steroid dienone is 10. The zero-order valence-electron chi connectivity index (χ0n) is 50.1. The molecule has 0 bridgehead atoms.